The van der Waals surface area contributed by atoms with Crippen LogP contribution in [-0.2, 0) is 4.74 Å². The second-order valence-electron chi connectivity index (χ2n) is 6.47. The number of ether oxygens (including phenoxy) is 1. The summed E-state index contributed by atoms with van der Waals surface area (Å²) in [5.74, 6) is 0. The normalized spacial score (nSPS) is 36.0. The Morgan fingerprint density at radius 1 is 1.25 bits per heavy atom. The van der Waals surface area contributed by atoms with E-state index < -0.39 is 0 Å². The fraction of sp³-hybridized carbons (Fsp3) is 1.00. The van der Waals surface area contributed by atoms with Gasteiger partial charge in [-0.15, -0.1) is 0 Å². The first-order chi connectivity index (χ1) is 7.39. The Balaban J connectivity index is 2.01. The van der Waals surface area contributed by atoms with Gasteiger partial charge in [0.1, 0.15) is 6.73 Å². The van der Waals surface area contributed by atoms with Gasteiger partial charge in [0.15, 0.2) is 0 Å². The predicted octanol–water partition coefficient (Wildman–Crippen LogP) is 1.97. The topological polar surface area (TPSA) is 24.5 Å². The van der Waals surface area contributed by atoms with Gasteiger partial charge in [-0.3, -0.25) is 4.90 Å². The quantitative estimate of drug-likeness (QED) is 0.779. The van der Waals surface area contributed by atoms with Gasteiger partial charge in [0.2, 0.25) is 0 Å². The minimum Gasteiger partial charge on any atom is -0.360 e. The van der Waals surface area contributed by atoms with Crippen LogP contribution in [0.1, 0.15) is 47.5 Å². The Morgan fingerprint density at radius 3 is 2.50 bits per heavy atom. The average molecular weight is 226 g/mol. The van der Waals surface area contributed by atoms with Crippen LogP contribution in [0.15, 0.2) is 0 Å². The van der Waals surface area contributed by atoms with Crippen molar-refractivity contribution in [3.8, 4) is 0 Å². The van der Waals surface area contributed by atoms with Gasteiger partial charge in [0, 0.05) is 23.7 Å². The van der Waals surface area contributed by atoms with E-state index in [9.17, 15) is 0 Å². The molecule has 2 fully saturated rings. The van der Waals surface area contributed by atoms with Crippen LogP contribution in [0.2, 0.25) is 0 Å². The maximum absolute atomic E-state index is 5.99. The lowest BCUT2D eigenvalue weighted by Crippen LogP contribution is -2.48. The molecule has 1 saturated carbocycles. The van der Waals surface area contributed by atoms with E-state index in [1.54, 1.807) is 0 Å². The lowest BCUT2D eigenvalue weighted by molar-refractivity contribution is 0.0414. The molecule has 3 unspecified atom stereocenters. The van der Waals surface area contributed by atoms with Crippen molar-refractivity contribution in [1.29, 1.82) is 0 Å². The predicted molar refractivity (Wildman–Crippen MR) is 66.4 cm³/mol. The lowest BCUT2D eigenvalue weighted by Gasteiger charge is -2.34. The number of hydrogen-bond donors (Lipinski definition) is 1. The van der Waals surface area contributed by atoms with E-state index in [0.29, 0.717) is 24.2 Å². The van der Waals surface area contributed by atoms with E-state index in [2.05, 4.69) is 44.8 Å². The summed E-state index contributed by atoms with van der Waals surface area (Å²) in [6, 6.07) is 1.73. The monoisotopic (exact) mass is 226 g/mol. The average Bonchev–Trinajstić information content (AvgIpc) is 2.65. The molecule has 94 valence electrons. The van der Waals surface area contributed by atoms with Crippen molar-refractivity contribution in [3.63, 3.8) is 0 Å². The second-order valence-corrected chi connectivity index (χ2v) is 6.47. The minimum atomic E-state index is 0.228. The summed E-state index contributed by atoms with van der Waals surface area (Å²) >= 11 is 0. The van der Waals surface area contributed by atoms with Gasteiger partial charge in [0.05, 0.1) is 6.10 Å². The van der Waals surface area contributed by atoms with E-state index in [-0.39, 0.29) is 5.54 Å². The molecule has 2 aliphatic rings. The molecule has 0 amide bonds. The Hall–Kier alpha value is -0.120. The number of nitrogens with zero attached hydrogens (tertiary/aromatic N) is 1. The molecule has 1 saturated heterocycles. The van der Waals surface area contributed by atoms with E-state index in [0.717, 1.165) is 6.73 Å². The zero-order chi connectivity index (χ0) is 11.9. The van der Waals surface area contributed by atoms with Crippen molar-refractivity contribution in [1.82, 2.24) is 10.2 Å². The van der Waals surface area contributed by atoms with Crippen molar-refractivity contribution in [2.45, 2.75) is 77.2 Å². The lowest BCUT2D eigenvalue weighted by atomic mass is 10.0. The fourth-order valence-corrected chi connectivity index (χ4v) is 3.07. The molecule has 0 spiro atoms. The second kappa shape index (κ2) is 4.28. The van der Waals surface area contributed by atoms with Crippen molar-refractivity contribution >= 4 is 0 Å². The third-order valence-electron chi connectivity index (χ3n) is 3.76. The van der Waals surface area contributed by atoms with Crippen molar-refractivity contribution < 1.29 is 4.74 Å². The van der Waals surface area contributed by atoms with Crippen LogP contribution in [0.25, 0.3) is 0 Å². The zero-order valence-electron chi connectivity index (χ0n) is 11.3. The minimum absolute atomic E-state index is 0.228. The summed E-state index contributed by atoms with van der Waals surface area (Å²) in [6.45, 7) is 12.1. The highest BCUT2D eigenvalue weighted by atomic mass is 16.5. The van der Waals surface area contributed by atoms with Crippen LogP contribution in [-0.4, -0.2) is 41.4 Å². The molecule has 1 N–H and O–H groups in total. The Morgan fingerprint density at radius 2 is 1.94 bits per heavy atom. The first-order valence-corrected chi connectivity index (χ1v) is 6.54. The van der Waals surface area contributed by atoms with Crippen molar-refractivity contribution in [2.75, 3.05) is 6.73 Å². The van der Waals surface area contributed by atoms with Crippen LogP contribution in [0.5, 0.6) is 0 Å². The van der Waals surface area contributed by atoms with Crippen LogP contribution >= 0.6 is 0 Å². The smallest absolute Gasteiger partial charge is 0.100 e. The molecule has 0 aromatic heterocycles. The number of hydrogen-bond acceptors (Lipinski definition) is 3. The molecular weight excluding hydrogens is 200 g/mol. The molecule has 1 heterocycles. The van der Waals surface area contributed by atoms with Gasteiger partial charge in [-0.25, -0.2) is 0 Å². The molecule has 16 heavy (non-hydrogen) atoms. The number of rotatable bonds is 2. The van der Waals surface area contributed by atoms with E-state index >= 15 is 0 Å². The highest BCUT2D eigenvalue weighted by Gasteiger charge is 2.47. The molecule has 0 aromatic rings. The van der Waals surface area contributed by atoms with Crippen LogP contribution in [0, 0.1) is 0 Å². The summed E-state index contributed by atoms with van der Waals surface area (Å²) in [7, 11) is 0. The molecule has 1 aliphatic carbocycles. The maximum atomic E-state index is 5.99. The number of fused-ring (bicyclic) bond motifs is 1. The maximum Gasteiger partial charge on any atom is 0.100 e. The molecule has 0 radical (unpaired) electrons. The fourth-order valence-electron chi connectivity index (χ4n) is 3.07. The first-order valence-electron chi connectivity index (χ1n) is 6.54. The first kappa shape index (κ1) is 12.3. The van der Waals surface area contributed by atoms with Gasteiger partial charge in [-0.05, 0) is 33.6 Å². The van der Waals surface area contributed by atoms with Gasteiger partial charge >= 0.3 is 0 Å². The van der Waals surface area contributed by atoms with Crippen LogP contribution in [0.3, 0.4) is 0 Å². The summed E-state index contributed by atoms with van der Waals surface area (Å²) in [5.41, 5.74) is 0.228. The largest absolute Gasteiger partial charge is 0.360 e. The Labute approximate surface area is 99.5 Å². The van der Waals surface area contributed by atoms with Gasteiger partial charge in [-0.2, -0.15) is 0 Å². The van der Waals surface area contributed by atoms with Crippen LogP contribution in [0.4, 0.5) is 0 Å². The zero-order valence-corrected chi connectivity index (χ0v) is 11.3. The summed E-state index contributed by atoms with van der Waals surface area (Å²) in [5, 5.41) is 3.63. The number of nitrogens with one attached hydrogen (secondary N) is 1. The highest BCUT2D eigenvalue weighted by molar-refractivity contribution is 5.02. The summed E-state index contributed by atoms with van der Waals surface area (Å²) in [4.78, 5) is 2.51. The van der Waals surface area contributed by atoms with E-state index in [1.165, 1.54) is 12.8 Å². The molecule has 1 aliphatic heterocycles. The third-order valence-corrected chi connectivity index (χ3v) is 3.76. The SMILES string of the molecule is CC(C)NC1CCC2C1OCN2C(C)(C)C. The van der Waals surface area contributed by atoms with Crippen LogP contribution < -0.4 is 5.32 Å². The molecule has 0 aromatic carbocycles. The molecule has 0 bridgehead atoms. The Kier molecular flexibility index (Phi) is 3.30. The Bertz CT molecular complexity index is 247. The molecule has 3 nitrogen and oxygen atoms in total. The van der Waals surface area contributed by atoms with Crippen molar-refractivity contribution in [3.05, 3.63) is 0 Å². The molecule has 3 atom stereocenters. The van der Waals surface area contributed by atoms with E-state index in [4.69, 9.17) is 4.74 Å². The van der Waals surface area contributed by atoms with E-state index in [1.807, 2.05) is 0 Å². The van der Waals surface area contributed by atoms with Crippen molar-refractivity contribution in [2.24, 2.45) is 0 Å². The molecule has 3 heteroatoms. The summed E-state index contributed by atoms with van der Waals surface area (Å²) < 4.78 is 5.99. The summed E-state index contributed by atoms with van der Waals surface area (Å²) in [6.07, 6.45) is 2.92. The molecular formula is C13H26N2O. The van der Waals surface area contributed by atoms with Gasteiger partial charge < -0.3 is 10.1 Å². The molecule has 2 rings (SSSR count). The van der Waals surface area contributed by atoms with Gasteiger partial charge in [-0.1, -0.05) is 13.8 Å². The van der Waals surface area contributed by atoms with Gasteiger partial charge in [0.25, 0.3) is 0 Å². The third kappa shape index (κ3) is 2.27. The highest BCUT2D eigenvalue weighted by Crippen LogP contribution is 2.36. The standard InChI is InChI=1S/C13H26N2O/c1-9(2)14-10-6-7-11-12(10)16-8-15(11)13(3,4)5/h9-12,14H,6-8H2,1-5H3.